The first kappa shape index (κ1) is 26.6. The first-order valence-electron chi connectivity index (χ1n) is 12.1. The van der Waals surface area contributed by atoms with Crippen LogP contribution in [0.4, 0.5) is 20.4 Å². The van der Waals surface area contributed by atoms with E-state index in [0.717, 1.165) is 6.07 Å². The van der Waals surface area contributed by atoms with E-state index in [1.165, 1.54) is 29.2 Å². The van der Waals surface area contributed by atoms with Gasteiger partial charge in [0.05, 0.1) is 30.7 Å². The largest absolute Gasteiger partial charge is 0.440 e. The number of aliphatic hydroxyl groups excluding tert-OH is 1. The van der Waals surface area contributed by atoms with Crippen LogP contribution in [0.2, 0.25) is 0 Å². The number of carbonyl (C=O) groups is 1. The molecule has 37 heavy (non-hydrogen) atoms. The third-order valence-corrected chi connectivity index (χ3v) is 6.71. The van der Waals surface area contributed by atoms with Crippen LogP contribution in [0.5, 0.6) is 0 Å². The number of fused-ring (bicyclic) bond motifs is 1. The van der Waals surface area contributed by atoms with Crippen LogP contribution in [-0.4, -0.2) is 69.0 Å². The van der Waals surface area contributed by atoms with Crippen molar-refractivity contribution in [2.45, 2.75) is 26.0 Å². The predicted octanol–water partition coefficient (Wildman–Crippen LogP) is 3.56. The first-order valence-corrected chi connectivity index (χ1v) is 12.1. The molecule has 1 aromatic heterocycles. The summed E-state index contributed by atoms with van der Waals surface area (Å²) >= 11 is 0. The van der Waals surface area contributed by atoms with Gasteiger partial charge in [0.25, 0.3) is 5.91 Å². The Morgan fingerprint density at radius 2 is 1.86 bits per heavy atom. The molecule has 0 radical (unpaired) electrons. The second kappa shape index (κ2) is 10.9. The lowest BCUT2D eigenvalue weighted by Crippen LogP contribution is -2.41. The van der Waals surface area contributed by atoms with Crippen molar-refractivity contribution >= 4 is 28.4 Å². The van der Waals surface area contributed by atoms with Crippen molar-refractivity contribution in [3.05, 3.63) is 69.4 Å². The fraction of sp³-hybridized carbons (Fsp3) is 0.407. The molecular formula is C27H31F2N3O5. The highest BCUT2D eigenvalue weighted by atomic mass is 19.1. The number of aliphatic hydroxyl groups is 1. The van der Waals surface area contributed by atoms with Crippen LogP contribution in [0.15, 0.2) is 45.6 Å². The molecular weight excluding hydrogens is 484 g/mol. The predicted molar refractivity (Wildman–Crippen MR) is 137 cm³/mol. The zero-order valence-electron chi connectivity index (χ0n) is 21.3. The number of morpholine rings is 1. The fourth-order valence-electron chi connectivity index (χ4n) is 4.53. The number of nitrogens with zero attached hydrogens (tertiary/aromatic N) is 3. The van der Waals surface area contributed by atoms with Gasteiger partial charge in [-0.15, -0.1) is 0 Å². The molecule has 1 aliphatic rings. The summed E-state index contributed by atoms with van der Waals surface area (Å²) < 4.78 is 39.8. The van der Waals surface area contributed by atoms with E-state index in [-0.39, 0.29) is 47.2 Å². The summed E-state index contributed by atoms with van der Waals surface area (Å²) in [6, 6.07) is 7.20. The highest BCUT2D eigenvalue weighted by molar-refractivity contribution is 5.98. The third kappa shape index (κ3) is 5.60. The Labute approximate surface area is 213 Å². The van der Waals surface area contributed by atoms with Gasteiger partial charge in [-0.2, -0.15) is 0 Å². The molecule has 0 aliphatic carbocycles. The lowest BCUT2D eigenvalue weighted by molar-refractivity contribution is 0.0517. The molecule has 1 unspecified atom stereocenters. The number of amides is 1. The Morgan fingerprint density at radius 3 is 2.51 bits per heavy atom. The molecule has 1 fully saturated rings. The minimum atomic E-state index is -0.719. The van der Waals surface area contributed by atoms with Crippen LogP contribution >= 0.6 is 0 Å². The molecule has 1 aliphatic heterocycles. The third-order valence-electron chi connectivity index (χ3n) is 6.71. The van der Waals surface area contributed by atoms with Gasteiger partial charge in [-0.1, -0.05) is 0 Å². The Hall–Kier alpha value is -3.50. The number of carbonyl (C=O) groups excluding carboxylic acids is 1. The average molecular weight is 516 g/mol. The molecule has 2 aromatic carbocycles. The van der Waals surface area contributed by atoms with Gasteiger partial charge in [0.2, 0.25) is 0 Å². The van der Waals surface area contributed by atoms with Crippen LogP contribution in [0.25, 0.3) is 11.0 Å². The van der Waals surface area contributed by atoms with Gasteiger partial charge in [-0.05, 0) is 38.1 Å². The van der Waals surface area contributed by atoms with E-state index in [9.17, 15) is 23.5 Å². The summed E-state index contributed by atoms with van der Waals surface area (Å²) in [6.07, 6.45) is -0.0378. The topological polar surface area (TPSA) is 86.5 Å². The van der Waals surface area contributed by atoms with Crippen molar-refractivity contribution in [1.82, 2.24) is 4.90 Å². The lowest BCUT2D eigenvalue weighted by atomic mass is 9.99. The highest BCUT2D eigenvalue weighted by Crippen LogP contribution is 2.34. The number of likely N-dealkylation sites (N-methyl/N-ethyl adjacent to an activating group) is 1. The molecule has 2 atom stereocenters. The normalized spacial score (nSPS) is 16.6. The molecule has 1 N–H and O–H groups in total. The van der Waals surface area contributed by atoms with Gasteiger partial charge >= 0.3 is 0 Å². The molecule has 2 heterocycles. The fourth-order valence-corrected chi connectivity index (χ4v) is 4.53. The van der Waals surface area contributed by atoms with Crippen molar-refractivity contribution in [2.75, 3.05) is 56.7 Å². The van der Waals surface area contributed by atoms with Crippen LogP contribution < -0.4 is 15.2 Å². The zero-order chi connectivity index (χ0) is 26.9. The van der Waals surface area contributed by atoms with E-state index in [1.54, 1.807) is 32.0 Å². The number of benzene rings is 2. The average Bonchev–Trinajstić information content (AvgIpc) is 2.86. The number of hydrogen-bond donors (Lipinski definition) is 1. The molecule has 0 spiro atoms. The van der Waals surface area contributed by atoms with Gasteiger partial charge in [0.15, 0.2) is 11.3 Å². The summed E-state index contributed by atoms with van der Waals surface area (Å²) in [4.78, 5) is 31.3. The van der Waals surface area contributed by atoms with Gasteiger partial charge in [0, 0.05) is 62.7 Å². The molecule has 1 amide bonds. The SMILES string of the molecule is CC1CN(c2cc(=O)c3cc(C(=O)N(C)CCO)cc([C@H](C)N(C)c4cc(F)cc(F)c4)c3o2)CCO1. The minimum absolute atomic E-state index is 0.0378. The minimum Gasteiger partial charge on any atom is -0.440 e. The number of ether oxygens (including phenoxy) is 1. The Kier molecular flexibility index (Phi) is 7.79. The summed E-state index contributed by atoms with van der Waals surface area (Å²) in [5.41, 5.74) is 1.00. The van der Waals surface area contributed by atoms with E-state index in [0.29, 0.717) is 36.7 Å². The standard InChI is InChI=1S/C27H31F2N3O5/c1-16-15-32(6-8-36-16)25-14-24(34)23-10-18(27(35)30(3)5-7-33)9-22(26(23)37-25)17(2)31(4)21-12-19(28)11-20(29)13-21/h9-14,16-17,33H,5-8,15H2,1-4H3/t16?,17-/m0/s1. The Bertz CT molecular complexity index is 1340. The second-order valence-corrected chi connectivity index (χ2v) is 9.38. The van der Waals surface area contributed by atoms with Crippen molar-refractivity contribution < 1.29 is 27.8 Å². The van der Waals surface area contributed by atoms with Crippen LogP contribution in [0, 0.1) is 11.6 Å². The number of hydrogen-bond acceptors (Lipinski definition) is 7. The van der Waals surface area contributed by atoms with E-state index in [1.807, 2.05) is 11.8 Å². The van der Waals surface area contributed by atoms with E-state index in [4.69, 9.17) is 9.15 Å². The number of halogens is 2. The molecule has 4 rings (SSSR count). The first-order chi connectivity index (χ1) is 17.6. The van der Waals surface area contributed by atoms with Crippen LogP contribution in [0.3, 0.4) is 0 Å². The molecule has 0 saturated carbocycles. The summed E-state index contributed by atoms with van der Waals surface area (Å²) in [5.74, 6) is -1.43. The summed E-state index contributed by atoms with van der Waals surface area (Å²) in [5, 5.41) is 9.48. The number of anilines is 2. The van der Waals surface area contributed by atoms with Gasteiger partial charge in [-0.25, -0.2) is 8.78 Å². The van der Waals surface area contributed by atoms with E-state index >= 15 is 0 Å². The summed E-state index contributed by atoms with van der Waals surface area (Å²) in [7, 11) is 3.22. The molecule has 1 saturated heterocycles. The van der Waals surface area contributed by atoms with Crippen LogP contribution in [0.1, 0.15) is 35.8 Å². The summed E-state index contributed by atoms with van der Waals surface area (Å²) in [6.45, 7) is 5.23. The van der Waals surface area contributed by atoms with E-state index in [2.05, 4.69) is 0 Å². The van der Waals surface area contributed by atoms with E-state index < -0.39 is 17.7 Å². The van der Waals surface area contributed by atoms with Gasteiger partial charge in [0.1, 0.15) is 17.2 Å². The van der Waals surface area contributed by atoms with Crippen molar-refractivity contribution in [3.63, 3.8) is 0 Å². The maximum absolute atomic E-state index is 14.0. The van der Waals surface area contributed by atoms with Gasteiger partial charge in [-0.3, -0.25) is 9.59 Å². The quantitative estimate of drug-likeness (QED) is 0.515. The molecule has 0 bridgehead atoms. The maximum Gasteiger partial charge on any atom is 0.253 e. The Balaban J connectivity index is 1.88. The lowest BCUT2D eigenvalue weighted by Gasteiger charge is -2.32. The van der Waals surface area contributed by atoms with Crippen LogP contribution in [-0.2, 0) is 4.74 Å². The smallest absolute Gasteiger partial charge is 0.253 e. The molecule has 198 valence electrons. The highest BCUT2D eigenvalue weighted by Gasteiger charge is 2.25. The van der Waals surface area contributed by atoms with Crippen molar-refractivity contribution in [2.24, 2.45) is 0 Å². The molecule has 10 heteroatoms. The van der Waals surface area contributed by atoms with Crippen molar-refractivity contribution in [1.29, 1.82) is 0 Å². The Morgan fingerprint density at radius 1 is 1.16 bits per heavy atom. The zero-order valence-corrected chi connectivity index (χ0v) is 21.3. The van der Waals surface area contributed by atoms with Crippen molar-refractivity contribution in [3.8, 4) is 0 Å². The number of rotatable bonds is 7. The molecule has 8 nitrogen and oxygen atoms in total. The molecule has 3 aromatic rings. The maximum atomic E-state index is 14.0. The second-order valence-electron chi connectivity index (χ2n) is 9.38. The van der Waals surface area contributed by atoms with Gasteiger partial charge < -0.3 is 29.0 Å². The monoisotopic (exact) mass is 515 g/mol.